The summed E-state index contributed by atoms with van der Waals surface area (Å²) in [4.78, 5) is 31.6. The quantitative estimate of drug-likeness (QED) is 0.610. The Bertz CT molecular complexity index is 1170. The molecule has 0 saturated carbocycles. The van der Waals surface area contributed by atoms with E-state index < -0.39 is 21.7 Å². The van der Waals surface area contributed by atoms with Gasteiger partial charge in [-0.05, 0) is 43.2 Å². The predicted octanol–water partition coefficient (Wildman–Crippen LogP) is 2.56. The Balaban J connectivity index is 1.30. The van der Waals surface area contributed by atoms with Crippen LogP contribution in [0.2, 0.25) is 0 Å². The van der Waals surface area contributed by atoms with Crippen molar-refractivity contribution in [1.29, 1.82) is 0 Å². The molecule has 3 aliphatic rings. The van der Waals surface area contributed by atoms with Crippen LogP contribution in [-0.2, 0) is 14.8 Å². The topological polar surface area (TPSA) is 81.2 Å². The third-order valence-electron chi connectivity index (χ3n) is 6.98. The number of ketones is 1. The van der Waals surface area contributed by atoms with Gasteiger partial charge in [0.15, 0.2) is 0 Å². The Labute approximate surface area is 200 Å². The van der Waals surface area contributed by atoms with E-state index in [-0.39, 0.29) is 10.5 Å². The number of sulfonamides is 1. The third-order valence-corrected chi connectivity index (χ3v) is 8.88. The number of para-hydroxylation sites is 1. The molecule has 5 rings (SSSR count). The Hall–Kier alpha value is -2.75. The number of carbonyl (C=O) groups is 2. The van der Waals surface area contributed by atoms with Gasteiger partial charge in [0.05, 0.1) is 22.8 Å². The van der Waals surface area contributed by atoms with Crippen molar-refractivity contribution in [2.75, 3.05) is 55.7 Å². The first-order valence-electron chi connectivity index (χ1n) is 12.0. The van der Waals surface area contributed by atoms with E-state index in [1.54, 1.807) is 6.07 Å². The van der Waals surface area contributed by atoms with E-state index >= 15 is 0 Å². The zero-order chi connectivity index (χ0) is 23.7. The van der Waals surface area contributed by atoms with Crippen molar-refractivity contribution in [3.63, 3.8) is 0 Å². The van der Waals surface area contributed by atoms with E-state index in [1.807, 2.05) is 18.2 Å². The van der Waals surface area contributed by atoms with Crippen molar-refractivity contribution in [2.45, 2.75) is 30.6 Å². The number of carbonyl (C=O) groups excluding carboxylic acids is 2. The smallest absolute Gasteiger partial charge is 0.300 e. The standard InChI is InChI=1S/C25H30N4O4S/c30-24-22-18-21(34(32,33)28-12-6-1-2-7-13-28)10-11-23(22)29(25(24)31)19-26-14-16-27(17-15-26)20-8-4-3-5-9-20/h3-5,8-11,18H,1-2,6-7,12-17,19H2. The van der Waals surface area contributed by atoms with Crippen LogP contribution < -0.4 is 9.80 Å². The van der Waals surface area contributed by atoms with E-state index in [9.17, 15) is 18.0 Å². The van der Waals surface area contributed by atoms with Crippen LogP contribution in [0, 0.1) is 0 Å². The molecule has 0 aromatic heterocycles. The fourth-order valence-electron chi connectivity index (χ4n) is 5.00. The van der Waals surface area contributed by atoms with Crippen molar-refractivity contribution >= 4 is 33.1 Å². The number of rotatable bonds is 5. The summed E-state index contributed by atoms with van der Waals surface area (Å²) in [5.74, 6) is -1.23. The van der Waals surface area contributed by atoms with E-state index in [2.05, 4.69) is 21.9 Å². The molecule has 3 aliphatic heterocycles. The second kappa shape index (κ2) is 9.48. The second-order valence-corrected chi connectivity index (χ2v) is 11.1. The first-order valence-corrected chi connectivity index (χ1v) is 13.4. The monoisotopic (exact) mass is 482 g/mol. The Morgan fingerprint density at radius 1 is 0.765 bits per heavy atom. The number of hydrogen-bond acceptors (Lipinski definition) is 6. The minimum atomic E-state index is -3.69. The molecule has 0 bridgehead atoms. The zero-order valence-electron chi connectivity index (χ0n) is 19.2. The van der Waals surface area contributed by atoms with Gasteiger partial charge in [0, 0.05) is 45.0 Å². The maximum Gasteiger partial charge on any atom is 0.300 e. The molecule has 2 aromatic rings. The van der Waals surface area contributed by atoms with Gasteiger partial charge < -0.3 is 4.90 Å². The Morgan fingerprint density at radius 2 is 1.44 bits per heavy atom. The van der Waals surface area contributed by atoms with Crippen LogP contribution in [-0.4, -0.2) is 75.3 Å². The lowest BCUT2D eigenvalue weighted by Gasteiger charge is -2.37. The molecule has 1 amide bonds. The molecule has 0 radical (unpaired) electrons. The van der Waals surface area contributed by atoms with E-state index in [0.717, 1.165) is 51.9 Å². The average Bonchev–Trinajstić information content (AvgIpc) is 3.06. The number of Topliss-reactive ketones (excluding diaryl/α,β-unsaturated/α-hetero) is 1. The number of hydrogen-bond donors (Lipinski definition) is 0. The van der Waals surface area contributed by atoms with E-state index in [0.29, 0.717) is 25.4 Å². The van der Waals surface area contributed by atoms with Crippen molar-refractivity contribution < 1.29 is 18.0 Å². The van der Waals surface area contributed by atoms with Crippen molar-refractivity contribution in [3.05, 3.63) is 54.1 Å². The molecular formula is C25H30N4O4S. The largest absolute Gasteiger partial charge is 0.369 e. The van der Waals surface area contributed by atoms with Gasteiger partial charge in [-0.1, -0.05) is 31.0 Å². The van der Waals surface area contributed by atoms with E-state index in [4.69, 9.17) is 0 Å². The average molecular weight is 483 g/mol. The summed E-state index contributed by atoms with van der Waals surface area (Å²) in [6.45, 7) is 4.51. The molecule has 9 heteroatoms. The summed E-state index contributed by atoms with van der Waals surface area (Å²) < 4.78 is 27.9. The number of amides is 1. The molecule has 0 unspecified atom stereocenters. The maximum absolute atomic E-state index is 13.2. The number of benzene rings is 2. The van der Waals surface area contributed by atoms with Crippen LogP contribution in [0.25, 0.3) is 0 Å². The normalized spacial score (nSPS) is 20.5. The lowest BCUT2D eigenvalue weighted by Crippen LogP contribution is -2.51. The zero-order valence-corrected chi connectivity index (χ0v) is 20.0. The van der Waals surface area contributed by atoms with Gasteiger partial charge in [-0.3, -0.25) is 19.4 Å². The van der Waals surface area contributed by atoms with Gasteiger partial charge >= 0.3 is 5.91 Å². The number of anilines is 2. The highest BCUT2D eigenvalue weighted by Gasteiger charge is 2.38. The van der Waals surface area contributed by atoms with Gasteiger partial charge in [-0.25, -0.2) is 8.42 Å². The number of piperazine rings is 1. The SMILES string of the molecule is O=C1C(=O)N(CN2CCN(c3ccccc3)CC2)c2ccc(S(=O)(=O)N3CCCCCC3)cc21. The molecule has 2 fully saturated rings. The molecular weight excluding hydrogens is 452 g/mol. The first kappa shape index (κ1) is 23.0. The summed E-state index contributed by atoms with van der Waals surface area (Å²) in [5, 5.41) is 0. The minimum Gasteiger partial charge on any atom is -0.369 e. The molecule has 34 heavy (non-hydrogen) atoms. The molecule has 0 spiro atoms. The molecule has 8 nitrogen and oxygen atoms in total. The molecule has 0 atom stereocenters. The summed E-state index contributed by atoms with van der Waals surface area (Å²) in [6.07, 6.45) is 3.73. The minimum absolute atomic E-state index is 0.0904. The lowest BCUT2D eigenvalue weighted by molar-refractivity contribution is -0.114. The first-order chi connectivity index (χ1) is 16.4. The van der Waals surface area contributed by atoms with Crippen LogP contribution in [0.5, 0.6) is 0 Å². The summed E-state index contributed by atoms with van der Waals surface area (Å²) >= 11 is 0. The van der Waals surface area contributed by atoms with Gasteiger partial charge in [0.2, 0.25) is 10.0 Å². The van der Waals surface area contributed by atoms with Gasteiger partial charge in [0.1, 0.15) is 0 Å². The fraction of sp³-hybridized carbons (Fsp3) is 0.440. The molecule has 2 aromatic carbocycles. The van der Waals surface area contributed by atoms with Crippen LogP contribution >= 0.6 is 0 Å². The maximum atomic E-state index is 13.2. The van der Waals surface area contributed by atoms with Gasteiger partial charge in [-0.15, -0.1) is 0 Å². The van der Waals surface area contributed by atoms with Crippen LogP contribution in [0.1, 0.15) is 36.0 Å². The van der Waals surface area contributed by atoms with Gasteiger partial charge in [-0.2, -0.15) is 4.31 Å². The predicted molar refractivity (Wildman–Crippen MR) is 131 cm³/mol. The van der Waals surface area contributed by atoms with Crippen molar-refractivity contribution in [1.82, 2.24) is 9.21 Å². The second-order valence-electron chi connectivity index (χ2n) is 9.14. The summed E-state index contributed by atoms with van der Waals surface area (Å²) in [6, 6.07) is 14.8. The van der Waals surface area contributed by atoms with Crippen LogP contribution in [0.4, 0.5) is 11.4 Å². The molecule has 0 aliphatic carbocycles. The summed E-state index contributed by atoms with van der Waals surface area (Å²) in [5.41, 5.74) is 1.86. The molecule has 3 heterocycles. The third kappa shape index (κ3) is 4.35. The highest BCUT2D eigenvalue weighted by Crippen LogP contribution is 2.32. The van der Waals surface area contributed by atoms with E-state index in [1.165, 1.54) is 27.0 Å². The van der Waals surface area contributed by atoms with Crippen LogP contribution in [0.15, 0.2) is 53.4 Å². The molecule has 2 saturated heterocycles. The van der Waals surface area contributed by atoms with Crippen molar-refractivity contribution in [2.24, 2.45) is 0 Å². The lowest BCUT2D eigenvalue weighted by atomic mass is 10.1. The molecule has 180 valence electrons. The summed E-state index contributed by atoms with van der Waals surface area (Å²) in [7, 11) is -3.69. The van der Waals surface area contributed by atoms with Crippen LogP contribution in [0.3, 0.4) is 0 Å². The number of nitrogens with zero attached hydrogens (tertiary/aromatic N) is 4. The highest BCUT2D eigenvalue weighted by molar-refractivity contribution is 7.89. The Kier molecular flexibility index (Phi) is 6.42. The fourth-order valence-corrected chi connectivity index (χ4v) is 6.54. The van der Waals surface area contributed by atoms with Crippen molar-refractivity contribution in [3.8, 4) is 0 Å². The van der Waals surface area contributed by atoms with Gasteiger partial charge in [0.25, 0.3) is 5.78 Å². The Morgan fingerprint density at radius 3 is 2.12 bits per heavy atom. The number of fused-ring (bicyclic) bond motifs is 1. The highest BCUT2D eigenvalue weighted by atomic mass is 32.2. The molecule has 0 N–H and O–H groups in total.